The summed E-state index contributed by atoms with van der Waals surface area (Å²) in [5.74, 6) is 0. The van der Waals surface area contributed by atoms with Crippen LogP contribution in [0.4, 0.5) is 0 Å². The number of benzene rings is 2. The minimum Gasteiger partial charge on any atom is -0.385 e. The summed E-state index contributed by atoms with van der Waals surface area (Å²) in [5.41, 5.74) is 2.51. The zero-order valence-corrected chi connectivity index (χ0v) is 12.8. The molecule has 1 nitrogen and oxygen atoms in total. The van der Waals surface area contributed by atoms with Crippen LogP contribution in [0.15, 0.2) is 48.5 Å². The summed E-state index contributed by atoms with van der Waals surface area (Å²) in [6.07, 6.45) is 0.632. The molecule has 0 aliphatic carbocycles. The molecule has 0 heterocycles. The lowest BCUT2D eigenvalue weighted by Gasteiger charge is -2.24. The standard InChI is InChI=1S/C16H17IO/c1-12-3-7-14(8-4-12)16(2,18)11-13-5-9-15(17)10-6-13/h3-10,18H,11H2,1-2H3. The summed E-state index contributed by atoms with van der Waals surface area (Å²) in [6, 6.07) is 16.4. The van der Waals surface area contributed by atoms with Crippen LogP contribution in [0.25, 0.3) is 0 Å². The van der Waals surface area contributed by atoms with Crippen LogP contribution in [-0.4, -0.2) is 5.11 Å². The Kier molecular flexibility index (Phi) is 4.07. The molecule has 0 spiro atoms. The zero-order valence-electron chi connectivity index (χ0n) is 10.7. The maximum Gasteiger partial charge on any atom is 0.0908 e. The maximum absolute atomic E-state index is 10.6. The van der Waals surface area contributed by atoms with E-state index in [4.69, 9.17) is 0 Å². The van der Waals surface area contributed by atoms with E-state index in [1.54, 1.807) is 0 Å². The van der Waals surface area contributed by atoms with E-state index in [0.29, 0.717) is 6.42 Å². The number of aryl methyl sites for hydroxylation is 1. The van der Waals surface area contributed by atoms with Crippen LogP contribution in [0.1, 0.15) is 23.6 Å². The molecule has 1 unspecified atom stereocenters. The van der Waals surface area contributed by atoms with Gasteiger partial charge in [0.25, 0.3) is 0 Å². The highest BCUT2D eigenvalue weighted by atomic mass is 127. The summed E-state index contributed by atoms with van der Waals surface area (Å²) in [7, 11) is 0. The quantitative estimate of drug-likeness (QED) is 0.827. The van der Waals surface area contributed by atoms with Crippen molar-refractivity contribution in [3.05, 3.63) is 68.8 Å². The zero-order chi connectivity index (χ0) is 13.2. The van der Waals surface area contributed by atoms with E-state index >= 15 is 0 Å². The number of hydrogen-bond donors (Lipinski definition) is 1. The molecule has 2 rings (SSSR count). The molecule has 2 aromatic rings. The third-order valence-electron chi connectivity index (χ3n) is 3.14. The molecule has 0 radical (unpaired) electrons. The van der Waals surface area contributed by atoms with Crippen LogP contribution < -0.4 is 0 Å². The lowest BCUT2D eigenvalue weighted by molar-refractivity contribution is 0.0576. The van der Waals surface area contributed by atoms with E-state index in [2.05, 4.69) is 53.8 Å². The molecule has 2 heteroatoms. The Balaban J connectivity index is 2.20. The second-order valence-corrected chi connectivity index (χ2v) is 6.19. The van der Waals surface area contributed by atoms with Gasteiger partial charge in [0.15, 0.2) is 0 Å². The number of halogens is 1. The minimum absolute atomic E-state index is 0.632. The summed E-state index contributed by atoms with van der Waals surface area (Å²) in [4.78, 5) is 0. The lowest BCUT2D eigenvalue weighted by atomic mass is 9.89. The second-order valence-electron chi connectivity index (χ2n) is 4.94. The van der Waals surface area contributed by atoms with E-state index in [-0.39, 0.29) is 0 Å². The van der Waals surface area contributed by atoms with E-state index < -0.39 is 5.60 Å². The van der Waals surface area contributed by atoms with Gasteiger partial charge >= 0.3 is 0 Å². The van der Waals surface area contributed by atoms with Gasteiger partial charge in [-0.2, -0.15) is 0 Å². The normalized spacial score (nSPS) is 14.2. The van der Waals surface area contributed by atoms with E-state index in [1.165, 1.54) is 9.13 Å². The highest BCUT2D eigenvalue weighted by Gasteiger charge is 2.23. The molecule has 0 saturated carbocycles. The molecule has 0 bridgehead atoms. The fraction of sp³-hybridized carbons (Fsp3) is 0.250. The molecule has 0 saturated heterocycles. The molecule has 0 aliphatic heterocycles. The Morgan fingerprint density at radius 2 is 1.56 bits per heavy atom. The second kappa shape index (κ2) is 5.41. The van der Waals surface area contributed by atoms with Crippen molar-refractivity contribution >= 4 is 22.6 Å². The van der Waals surface area contributed by atoms with E-state index in [9.17, 15) is 5.11 Å². The van der Waals surface area contributed by atoms with Crippen LogP contribution >= 0.6 is 22.6 Å². The fourth-order valence-corrected chi connectivity index (χ4v) is 2.37. The maximum atomic E-state index is 10.6. The van der Waals surface area contributed by atoms with Gasteiger partial charge in [0.05, 0.1) is 5.60 Å². The SMILES string of the molecule is Cc1ccc(C(C)(O)Cc2ccc(I)cc2)cc1. The molecule has 18 heavy (non-hydrogen) atoms. The number of aliphatic hydroxyl groups is 1. The van der Waals surface area contributed by atoms with Crippen molar-refractivity contribution in [2.45, 2.75) is 25.9 Å². The highest BCUT2D eigenvalue weighted by molar-refractivity contribution is 14.1. The number of rotatable bonds is 3. The molecule has 0 amide bonds. The van der Waals surface area contributed by atoms with Crippen molar-refractivity contribution in [1.29, 1.82) is 0 Å². The molecule has 0 fully saturated rings. The largest absolute Gasteiger partial charge is 0.385 e. The van der Waals surface area contributed by atoms with Gasteiger partial charge in [-0.25, -0.2) is 0 Å². The molecule has 0 aromatic heterocycles. The Hall–Kier alpha value is -0.870. The van der Waals surface area contributed by atoms with Crippen molar-refractivity contribution in [3.8, 4) is 0 Å². The van der Waals surface area contributed by atoms with E-state index in [0.717, 1.165) is 11.1 Å². The first-order chi connectivity index (χ1) is 8.47. The van der Waals surface area contributed by atoms with Gasteiger partial charge in [0, 0.05) is 9.99 Å². The van der Waals surface area contributed by atoms with Crippen LogP contribution in [0.5, 0.6) is 0 Å². The average molecular weight is 352 g/mol. The van der Waals surface area contributed by atoms with Crippen molar-refractivity contribution in [3.63, 3.8) is 0 Å². The molecule has 2 aromatic carbocycles. The third kappa shape index (κ3) is 3.33. The predicted molar refractivity (Wildman–Crippen MR) is 83.6 cm³/mol. The Bertz CT molecular complexity index is 512. The van der Waals surface area contributed by atoms with Gasteiger partial charge in [-0.15, -0.1) is 0 Å². The summed E-state index contributed by atoms with van der Waals surface area (Å²) in [5, 5.41) is 10.6. The van der Waals surface area contributed by atoms with Gasteiger partial charge in [0.1, 0.15) is 0 Å². The van der Waals surface area contributed by atoms with E-state index in [1.807, 2.05) is 31.2 Å². The van der Waals surface area contributed by atoms with Gasteiger partial charge < -0.3 is 5.11 Å². The van der Waals surface area contributed by atoms with Gasteiger partial charge in [0.2, 0.25) is 0 Å². The van der Waals surface area contributed by atoms with Crippen LogP contribution in [0.3, 0.4) is 0 Å². The van der Waals surface area contributed by atoms with Crippen molar-refractivity contribution in [1.82, 2.24) is 0 Å². The van der Waals surface area contributed by atoms with Gasteiger partial charge in [-0.05, 0) is 59.7 Å². The Morgan fingerprint density at radius 1 is 1.00 bits per heavy atom. The molecule has 1 N–H and O–H groups in total. The Labute approximate surface area is 122 Å². The van der Waals surface area contributed by atoms with Crippen molar-refractivity contribution in [2.75, 3.05) is 0 Å². The molecular weight excluding hydrogens is 335 g/mol. The number of hydrogen-bond acceptors (Lipinski definition) is 1. The third-order valence-corrected chi connectivity index (χ3v) is 3.85. The Morgan fingerprint density at radius 3 is 2.11 bits per heavy atom. The fourth-order valence-electron chi connectivity index (χ4n) is 2.01. The molecule has 0 aliphatic rings. The minimum atomic E-state index is -0.819. The smallest absolute Gasteiger partial charge is 0.0908 e. The first-order valence-corrected chi connectivity index (χ1v) is 7.09. The van der Waals surface area contributed by atoms with Crippen molar-refractivity contribution in [2.24, 2.45) is 0 Å². The first kappa shape index (κ1) is 13.6. The molecular formula is C16H17IO. The lowest BCUT2D eigenvalue weighted by Crippen LogP contribution is -2.24. The molecule has 94 valence electrons. The van der Waals surface area contributed by atoms with Crippen LogP contribution in [0, 0.1) is 10.5 Å². The monoisotopic (exact) mass is 352 g/mol. The van der Waals surface area contributed by atoms with Crippen LogP contribution in [-0.2, 0) is 12.0 Å². The molecule has 1 atom stereocenters. The topological polar surface area (TPSA) is 20.2 Å². The predicted octanol–water partition coefficient (Wildman–Crippen LogP) is 4.05. The summed E-state index contributed by atoms with van der Waals surface area (Å²) >= 11 is 2.29. The summed E-state index contributed by atoms with van der Waals surface area (Å²) in [6.45, 7) is 3.92. The first-order valence-electron chi connectivity index (χ1n) is 6.01. The van der Waals surface area contributed by atoms with Gasteiger partial charge in [-0.1, -0.05) is 42.0 Å². The highest BCUT2D eigenvalue weighted by Crippen LogP contribution is 2.25. The van der Waals surface area contributed by atoms with Crippen LogP contribution in [0.2, 0.25) is 0 Å². The average Bonchev–Trinajstić information content (AvgIpc) is 2.32. The van der Waals surface area contributed by atoms with Gasteiger partial charge in [-0.3, -0.25) is 0 Å². The van der Waals surface area contributed by atoms with Crippen molar-refractivity contribution < 1.29 is 5.11 Å². The summed E-state index contributed by atoms with van der Waals surface area (Å²) < 4.78 is 1.21.